The highest BCUT2D eigenvalue weighted by atomic mass is 16.3. The molecule has 0 atom stereocenters. The molecular weight excluding hydrogens is 160 g/mol. The summed E-state index contributed by atoms with van der Waals surface area (Å²) in [6.45, 7) is -0.574. The van der Waals surface area contributed by atoms with Crippen LogP contribution in [0.15, 0.2) is 27.9 Å². The molecule has 1 rings (SSSR count). The Bertz CT molecular complexity index is 266. The van der Waals surface area contributed by atoms with Crippen LogP contribution in [0.3, 0.4) is 0 Å². The normalized spacial score (nSPS) is 10.4. The Morgan fingerprint density at radius 3 is 3.25 bits per heavy atom. The number of hydrogen-bond donors (Lipinski definition) is 2. The maximum absolute atomic E-state index is 10.4. The van der Waals surface area contributed by atoms with E-state index in [1.165, 1.54) is 12.5 Å². The second-order valence-electron chi connectivity index (χ2n) is 1.97. The lowest BCUT2D eigenvalue weighted by atomic mass is 10.5. The summed E-state index contributed by atoms with van der Waals surface area (Å²) < 4.78 is 4.89. The highest BCUT2D eigenvalue weighted by Gasteiger charge is 1.93. The number of furan rings is 1. The van der Waals surface area contributed by atoms with Crippen LogP contribution in [0, 0.1) is 0 Å². The van der Waals surface area contributed by atoms with E-state index in [1.807, 2.05) is 0 Å². The largest absolute Gasteiger partial charge is 0.463 e. The average molecular weight is 168 g/mol. The van der Waals surface area contributed by atoms with Gasteiger partial charge in [0.05, 0.1) is 12.5 Å². The van der Waals surface area contributed by atoms with Gasteiger partial charge in [0.2, 0.25) is 0 Å². The van der Waals surface area contributed by atoms with Gasteiger partial charge in [-0.2, -0.15) is 5.10 Å². The van der Waals surface area contributed by atoms with Crippen molar-refractivity contribution in [3.8, 4) is 0 Å². The van der Waals surface area contributed by atoms with Crippen molar-refractivity contribution in [3.05, 3.63) is 24.2 Å². The van der Waals surface area contributed by atoms with Crippen LogP contribution >= 0.6 is 0 Å². The molecule has 0 aliphatic carbocycles. The zero-order valence-corrected chi connectivity index (χ0v) is 6.23. The second kappa shape index (κ2) is 4.30. The monoisotopic (exact) mass is 168 g/mol. The van der Waals surface area contributed by atoms with Crippen molar-refractivity contribution in [3.63, 3.8) is 0 Å². The number of aliphatic hydroxyl groups is 1. The summed E-state index contributed by atoms with van der Waals surface area (Å²) >= 11 is 0. The molecule has 1 amide bonds. The van der Waals surface area contributed by atoms with Gasteiger partial charge in [0.15, 0.2) is 0 Å². The minimum absolute atomic E-state index is 0.535. The van der Waals surface area contributed by atoms with Crippen LogP contribution in [-0.2, 0) is 4.79 Å². The quantitative estimate of drug-likeness (QED) is 0.481. The zero-order chi connectivity index (χ0) is 8.81. The number of nitrogens with zero attached hydrogens (tertiary/aromatic N) is 1. The average Bonchev–Trinajstić information content (AvgIpc) is 2.57. The molecule has 0 saturated carbocycles. The van der Waals surface area contributed by atoms with Crippen LogP contribution in [0.5, 0.6) is 0 Å². The van der Waals surface area contributed by atoms with E-state index in [1.54, 1.807) is 12.1 Å². The van der Waals surface area contributed by atoms with E-state index in [9.17, 15) is 4.79 Å². The van der Waals surface area contributed by atoms with Crippen molar-refractivity contribution >= 4 is 12.1 Å². The van der Waals surface area contributed by atoms with Crippen LogP contribution in [0.2, 0.25) is 0 Å². The fourth-order valence-electron chi connectivity index (χ4n) is 0.568. The van der Waals surface area contributed by atoms with E-state index in [0.717, 1.165) is 0 Å². The Balaban J connectivity index is 2.37. The Hall–Kier alpha value is -1.62. The van der Waals surface area contributed by atoms with Gasteiger partial charge in [-0.25, -0.2) is 5.43 Å². The number of amides is 1. The van der Waals surface area contributed by atoms with E-state index in [0.29, 0.717) is 5.76 Å². The van der Waals surface area contributed by atoms with Crippen molar-refractivity contribution in [1.29, 1.82) is 0 Å². The SMILES string of the molecule is O=C(CO)N/N=C/c1ccco1. The van der Waals surface area contributed by atoms with Gasteiger partial charge < -0.3 is 9.52 Å². The number of hydrogen-bond acceptors (Lipinski definition) is 4. The Labute approximate surface area is 68.7 Å². The first-order valence-corrected chi connectivity index (χ1v) is 3.29. The van der Waals surface area contributed by atoms with E-state index in [2.05, 4.69) is 10.5 Å². The summed E-state index contributed by atoms with van der Waals surface area (Å²) in [5.74, 6) is -0.0222. The third-order valence-electron chi connectivity index (χ3n) is 1.07. The summed E-state index contributed by atoms with van der Waals surface area (Å²) in [5, 5.41) is 11.8. The van der Waals surface area contributed by atoms with Crippen molar-refractivity contribution in [2.75, 3.05) is 6.61 Å². The zero-order valence-electron chi connectivity index (χ0n) is 6.23. The van der Waals surface area contributed by atoms with E-state index in [4.69, 9.17) is 9.52 Å². The Morgan fingerprint density at radius 1 is 1.83 bits per heavy atom. The molecule has 0 unspecified atom stereocenters. The molecule has 0 fully saturated rings. The van der Waals surface area contributed by atoms with Crippen molar-refractivity contribution in [2.24, 2.45) is 5.10 Å². The van der Waals surface area contributed by atoms with Crippen LogP contribution < -0.4 is 5.43 Å². The summed E-state index contributed by atoms with van der Waals surface area (Å²) in [5.41, 5.74) is 2.09. The molecule has 2 N–H and O–H groups in total. The molecule has 5 nitrogen and oxygen atoms in total. The fraction of sp³-hybridized carbons (Fsp3) is 0.143. The molecule has 0 radical (unpaired) electrons. The number of nitrogens with one attached hydrogen (secondary N) is 1. The molecule has 1 aromatic heterocycles. The maximum atomic E-state index is 10.4. The molecule has 1 heterocycles. The van der Waals surface area contributed by atoms with Gasteiger partial charge in [0.1, 0.15) is 12.4 Å². The molecule has 0 aliphatic heterocycles. The lowest BCUT2D eigenvalue weighted by Crippen LogP contribution is -2.20. The molecule has 0 aliphatic rings. The highest BCUT2D eigenvalue weighted by Crippen LogP contribution is 1.93. The smallest absolute Gasteiger partial charge is 0.265 e. The Morgan fingerprint density at radius 2 is 2.67 bits per heavy atom. The van der Waals surface area contributed by atoms with Gasteiger partial charge in [-0.15, -0.1) is 0 Å². The maximum Gasteiger partial charge on any atom is 0.265 e. The standard InChI is InChI=1S/C7H8N2O3/c10-5-7(11)9-8-4-6-2-1-3-12-6/h1-4,10H,5H2,(H,9,11)/b8-4+. The second-order valence-corrected chi connectivity index (χ2v) is 1.97. The predicted molar refractivity (Wildman–Crippen MR) is 41.5 cm³/mol. The number of carbonyl (C=O) groups is 1. The highest BCUT2D eigenvalue weighted by molar-refractivity contribution is 5.80. The van der Waals surface area contributed by atoms with Crippen LogP contribution in [0.4, 0.5) is 0 Å². The molecule has 64 valence electrons. The van der Waals surface area contributed by atoms with Crippen molar-refractivity contribution < 1.29 is 14.3 Å². The number of carbonyl (C=O) groups excluding carboxylic acids is 1. The van der Waals surface area contributed by atoms with Gasteiger partial charge in [0.25, 0.3) is 5.91 Å². The summed E-state index contributed by atoms with van der Waals surface area (Å²) in [4.78, 5) is 10.4. The number of rotatable bonds is 3. The first-order valence-electron chi connectivity index (χ1n) is 3.29. The molecule has 1 aromatic rings. The molecule has 0 bridgehead atoms. The molecule has 12 heavy (non-hydrogen) atoms. The van der Waals surface area contributed by atoms with Crippen LogP contribution in [0.1, 0.15) is 5.76 Å². The van der Waals surface area contributed by atoms with Gasteiger partial charge in [0, 0.05) is 0 Å². The van der Waals surface area contributed by atoms with Crippen LogP contribution in [-0.4, -0.2) is 23.8 Å². The number of hydrazone groups is 1. The fourth-order valence-corrected chi connectivity index (χ4v) is 0.568. The van der Waals surface area contributed by atoms with E-state index >= 15 is 0 Å². The molecule has 0 spiro atoms. The number of aliphatic hydroxyl groups excluding tert-OH is 1. The van der Waals surface area contributed by atoms with Crippen molar-refractivity contribution in [2.45, 2.75) is 0 Å². The predicted octanol–water partition coefficient (Wildman–Crippen LogP) is -0.278. The molecular formula is C7H8N2O3. The first-order chi connectivity index (χ1) is 5.83. The third kappa shape index (κ3) is 2.55. The van der Waals surface area contributed by atoms with Crippen molar-refractivity contribution in [1.82, 2.24) is 5.43 Å². The summed E-state index contributed by atoms with van der Waals surface area (Å²) in [6.07, 6.45) is 2.84. The lowest BCUT2D eigenvalue weighted by Gasteiger charge is -1.91. The summed E-state index contributed by atoms with van der Waals surface area (Å²) in [7, 11) is 0. The van der Waals surface area contributed by atoms with Crippen LogP contribution in [0.25, 0.3) is 0 Å². The van der Waals surface area contributed by atoms with Gasteiger partial charge in [-0.05, 0) is 12.1 Å². The van der Waals surface area contributed by atoms with Gasteiger partial charge in [-0.3, -0.25) is 4.79 Å². The first kappa shape index (κ1) is 8.48. The lowest BCUT2D eigenvalue weighted by molar-refractivity contribution is -0.123. The summed E-state index contributed by atoms with van der Waals surface area (Å²) in [6, 6.07) is 3.39. The van der Waals surface area contributed by atoms with Gasteiger partial charge >= 0.3 is 0 Å². The molecule has 5 heteroatoms. The molecule has 0 aromatic carbocycles. The minimum Gasteiger partial charge on any atom is -0.463 e. The van der Waals surface area contributed by atoms with Gasteiger partial charge in [-0.1, -0.05) is 0 Å². The Kier molecular flexibility index (Phi) is 3.04. The minimum atomic E-state index is -0.574. The molecule has 0 saturated heterocycles. The third-order valence-corrected chi connectivity index (χ3v) is 1.07. The topological polar surface area (TPSA) is 74.8 Å². The van der Waals surface area contributed by atoms with E-state index < -0.39 is 12.5 Å². The van der Waals surface area contributed by atoms with E-state index in [-0.39, 0.29) is 0 Å².